The third-order valence-electron chi connectivity index (χ3n) is 2.40. The molecule has 0 aliphatic carbocycles. The van der Waals surface area contributed by atoms with Crippen molar-refractivity contribution in [1.82, 2.24) is 15.3 Å². The lowest BCUT2D eigenvalue weighted by Gasteiger charge is -2.18. The predicted molar refractivity (Wildman–Crippen MR) is 76.2 cm³/mol. The number of rotatable bonds is 7. The molecule has 1 unspecified atom stereocenters. The molecule has 1 rings (SSSR count). The molecule has 110 valence electrons. The van der Waals surface area contributed by atoms with Crippen LogP contribution in [0.2, 0.25) is 0 Å². The summed E-state index contributed by atoms with van der Waals surface area (Å²) >= 11 is 1.22. The lowest BCUT2D eigenvalue weighted by molar-refractivity contribution is -0.145. The molecular weight excluding hydrogens is 278 g/mol. The second kappa shape index (κ2) is 8.52. The van der Waals surface area contributed by atoms with Crippen LogP contribution in [0.15, 0.2) is 23.6 Å². The fraction of sp³-hybridized carbons (Fsp3) is 0.538. The molecule has 0 aliphatic rings. The van der Waals surface area contributed by atoms with Crippen molar-refractivity contribution in [2.24, 2.45) is 5.92 Å². The number of carbonyl (C=O) groups excluding carboxylic acids is 2. The van der Waals surface area contributed by atoms with E-state index in [9.17, 15) is 9.59 Å². The van der Waals surface area contributed by atoms with E-state index in [0.29, 0.717) is 11.6 Å². The second-order valence-electron chi connectivity index (χ2n) is 4.59. The predicted octanol–water partition coefficient (Wildman–Crippen LogP) is 1.27. The van der Waals surface area contributed by atoms with E-state index >= 15 is 0 Å². The number of nitrogens with one attached hydrogen (secondary N) is 1. The van der Waals surface area contributed by atoms with Crippen molar-refractivity contribution in [2.45, 2.75) is 31.5 Å². The Hall–Kier alpha value is -1.63. The van der Waals surface area contributed by atoms with E-state index < -0.39 is 12.0 Å². The third-order valence-corrected chi connectivity index (χ3v) is 3.28. The van der Waals surface area contributed by atoms with Gasteiger partial charge < -0.3 is 10.1 Å². The SMILES string of the molecule is COC(=O)C(CC(C)C)NC(=O)CSc1ncccn1. The Bertz CT molecular complexity index is 440. The van der Waals surface area contributed by atoms with E-state index in [2.05, 4.69) is 15.3 Å². The van der Waals surface area contributed by atoms with Crippen molar-refractivity contribution in [1.29, 1.82) is 0 Å². The first kappa shape index (κ1) is 16.4. The second-order valence-corrected chi connectivity index (χ2v) is 5.54. The van der Waals surface area contributed by atoms with Crippen LogP contribution < -0.4 is 5.32 Å². The maximum Gasteiger partial charge on any atom is 0.328 e. The number of thioether (sulfide) groups is 1. The molecule has 0 radical (unpaired) electrons. The standard InChI is InChI=1S/C13H19N3O3S/c1-9(2)7-10(12(18)19-3)16-11(17)8-20-13-14-5-4-6-15-13/h4-6,9-10H,7-8H2,1-3H3,(H,16,17). The molecule has 1 aromatic rings. The zero-order valence-corrected chi connectivity index (χ0v) is 12.6. The highest BCUT2D eigenvalue weighted by Gasteiger charge is 2.22. The summed E-state index contributed by atoms with van der Waals surface area (Å²) in [6.07, 6.45) is 3.78. The summed E-state index contributed by atoms with van der Waals surface area (Å²) in [5, 5.41) is 3.21. The van der Waals surface area contributed by atoms with Gasteiger partial charge in [-0.1, -0.05) is 25.6 Å². The Morgan fingerprint density at radius 1 is 1.35 bits per heavy atom. The van der Waals surface area contributed by atoms with Gasteiger partial charge in [-0.2, -0.15) is 0 Å². The summed E-state index contributed by atoms with van der Waals surface area (Å²) < 4.78 is 4.69. The summed E-state index contributed by atoms with van der Waals surface area (Å²) in [5.41, 5.74) is 0. The molecule has 0 aliphatic heterocycles. The van der Waals surface area contributed by atoms with Gasteiger partial charge in [-0.25, -0.2) is 14.8 Å². The number of hydrogen-bond acceptors (Lipinski definition) is 6. The molecule has 1 atom stereocenters. The number of methoxy groups -OCH3 is 1. The Kier molecular flexibility index (Phi) is 7.00. The van der Waals surface area contributed by atoms with Crippen LogP contribution in [-0.4, -0.2) is 40.7 Å². The van der Waals surface area contributed by atoms with E-state index in [1.165, 1.54) is 18.9 Å². The normalized spacial score (nSPS) is 12.0. The molecule has 1 heterocycles. The van der Waals surface area contributed by atoms with Crippen molar-refractivity contribution in [3.63, 3.8) is 0 Å². The van der Waals surface area contributed by atoms with Gasteiger partial charge in [0.25, 0.3) is 0 Å². The van der Waals surface area contributed by atoms with Gasteiger partial charge in [0, 0.05) is 12.4 Å². The van der Waals surface area contributed by atoms with Crippen molar-refractivity contribution < 1.29 is 14.3 Å². The van der Waals surface area contributed by atoms with Crippen LogP contribution in [0.5, 0.6) is 0 Å². The van der Waals surface area contributed by atoms with Crippen LogP contribution >= 0.6 is 11.8 Å². The number of ether oxygens (including phenoxy) is 1. The van der Waals surface area contributed by atoms with E-state index in [0.717, 1.165) is 0 Å². The van der Waals surface area contributed by atoms with Gasteiger partial charge in [-0.15, -0.1) is 0 Å². The van der Waals surface area contributed by atoms with Crippen LogP contribution in [0.1, 0.15) is 20.3 Å². The van der Waals surface area contributed by atoms with Crippen LogP contribution in [0.4, 0.5) is 0 Å². The highest BCUT2D eigenvalue weighted by molar-refractivity contribution is 7.99. The van der Waals surface area contributed by atoms with Gasteiger partial charge in [-0.3, -0.25) is 4.79 Å². The maximum absolute atomic E-state index is 11.8. The van der Waals surface area contributed by atoms with Crippen molar-refractivity contribution >= 4 is 23.6 Å². The summed E-state index contributed by atoms with van der Waals surface area (Å²) in [6, 6.07) is 1.10. The monoisotopic (exact) mass is 297 g/mol. The van der Waals surface area contributed by atoms with Crippen LogP contribution in [0.3, 0.4) is 0 Å². The molecule has 1 amide bonds. The minimum atomic E-state index is -0.607. The first-order valence-electron chi connectivity index (χ1n) is 6.30. The summed E-state index contributed by atoms with van der Waals surface area (Å²) in [4.78, 5) is 31.4. The Balaban J connectivity index is 2.47. The number of carbonyl (C=O) groups is 2. The average molecular weight is 297 g/mol. The van der Waals surface area contributed by atoms with E-state index in [4.69, 9.17) is 4.74 Å². The number of amides is 1. The van der Waals surface area contributed by atoms with E-state index in [1.54, 1.807) is 18.5 Å². The van der Waals surface area contributed by atoms with E-state index in [1.807, 2.05) is 13.8 Å². The molecule has 0 aromatic carbocycles. The molecule has 1 aromatic heterocycles. The smallest absolute Gasteiger partial charge is 0.328 e. The first-order chi connectivity index (χ1) is 9.52. The lowest BCUT2D eigenvalue weighted by atomic mass is 10.0. The zero-order chi connectivity index (χ0) is 15.0. The van der Waals surface area contributed by atoms with Gasteiger partial charge in [0.1, 0.15) is 6.04 Å². The van der Waals surface area contributed by atoms with Crippen molar-refractivity contribution in [3.05, 3.63) is 18.5 Å². The molecule has 0 bridgehead atoms. The highest BCUT2D eigenvalue weighted by atomic mass is 32.2. The van der Waals surface area contributed by atoms with Crippen molar-refractivity contribution in [3.8, 4) is 0 Å². The molecule has 0 saturated heterocycles. The minimum Gasteiger partial charge on any atom is -0.467 e. The fourth-order valence-corrected chi connectivity index (χ4v) is 2.17. The van der Waals surface area contributed by atoms with Crippen molar-refractivity contribution in [2.75, 3.05) is 12.9 Å². The molecule has 20 heavy (non-hydrogen) atoms. The quantitative estimate of drug-likeness (QED) is 0.464. The zero-order valence-electron chi connectivity index (χ0n) is 11.8. The first-order valence-corrected chi connectivity index (χ1v) is 7.28. The molecule has 0 saturated carbocycles. The minimum absolute atomic E-state index is 0.162. The van der Waals surface area contributed by atoms with Gasteiger partial charge in [-0.05, 0) is 18.4 Å². The highest BCUT2D eigenvalue weighted by Crippen LogP contribution is 2.11. The number of nitrogens with zero attached hydrogens (tertiary/aromatic N) is 2. The van der Waals surface area contributed by atoms with Gasteiger partial charge >= 0.3 is 5.97 Å². The van der Waals surface area contributed by atoms with Gasteiger partial charge in [0.15, 0.2) is 5.16 Å². The summed E-state index contributed by atoms with van der Waals surface area (Å²) in [7, 11) is 1.31. The average Bonchev–Trinajstić information content (AvgIpc) is 2.44. The molecule has 0 spiro atoms. The Labute approximate surface area is 122 Å². The molecule has 1 N–H and O–H groups in total. The molecular formula is C13H19N3O3S. The Morgan fingerprint density at radius 3 is 2.55 bits per heavy atom. The van der Waals surface area contributed by atoms with Gasteiger partial charge in [0.2, 0.25) is 5.91 Å². The van der Waals surface area contributed by atoms with Crippen LogP contribution in [-0.2, 0) is 14.3 Å². The Morgan fingerprint density at radius 2 is 2.00 bits per heavy atom. The van der Waals surface area contributed by atoms with Gasteiger partial charge in [0.05, 0.1) is 12.9 Å². The topological polar surface area (TPSA) is 81.2 Å². The van der Waals surface area contributed by atoms with E-state index in [-0.39, 0.29) is 17.6 Å². The fourth-order valence-electron chi connectivity index (χ4n) is 1.55. The molecule has 7 heteroatoms. The summed E-state index contributed by atoms with van der Waals surface area (Å²) in [6.45, 7) is 3.96. The maximum atomic E-state index is 11.8. The number of esters is 1. The van der Waals surface area contributed by atoms with Crippen LogP contribution in [0.25, 0.3) is 0 Å². The third kappa shape index (κ3) is 6.01. The summed E-state index contributed by atoms with van der Waals surface area (Å²) in [5.74, 6) is -0.216. The number of hydrogen-bond donors (Lipinski definition) is 1. The number of aromatic nitrogens is 2. The largest absolute Gasteiger partial charge is 0.467 e. The van der Waals surface area contributed by atoms with Crippen LogP contribution in [0, 0.1) is 5.92 Å². The molecule has 6 nitrogen and oxygen atoms in total. The molecule has 0 fully saturated rings. The lowest BCUT2D eigenvalue weighted by Crippen LogP contribution is -2.43.